The molecule has 0 amide bonds. The zero-order valence-electron chi connectivity index (χ0n) is 14.3. The van der Waals surface area contributed by atoms with Crippen LogP contribution in [-0.4, -0.2) is 48.3 Å². The second-order valence-electron chi connectivity index (χ2n) is 6.22. The highest BCUT2D eigenvalue weighted by atomic mass is 16.5. The van der Waals surface area contributed by atoms with Crippen LogP contribution in [0.4, 0.5) is 0 Å². The van der Waals surface area contributed by atoms with E-state index in [9.17, 15) is 9.59 Å². The van der Waals surface area contributed by atoms with Gasteiger partial charge in [-0.3, -0.25) is 4.79 Å². The lowest BCUT2D eigenvalue weighted by Crippen LogP contribution is -2.61. The van der Waals surface area contributed by atoms with Crippen molar-refractivity contribution >= 4 is 11.9 Å². The summed E-state index contributed by atoms with van der Waals surface area (Å²) in [6.45, 7) is 2.84. The Bertz CT molecular complexity index is 753. The molecule has 1 fully saturated rings. The first-order valence-corrected chi connectivity index (χ1v) is 8.10. The first-order chi connectivity index (χ1) is 12.1. The molecule has 3 rings (SSSR count). The van der Waals surface area contributed by atoms with Crippen LogP contribution < -0.4 is 5.32 Å². The summed E-state index contributed by atoms with van der Waals surface area (Å²) in [5.41, 5.74) is 0.618. The van der Waals surface area contributed by atoms with Crippen molar-refractivity contribution in [3.63, 3.8) is 0 Å². The fraction of sp³-hybridized carbons (Fsp3) is 0.389. The summed E-state index contributed by atoms with van der Waals surface area (Å²) in [7, 11) is 1.33. The average molecular weight is 343 g/mol. The zero-order valence-corrected chi connectivity index (χ0v) is 14.3. The number of methoxy groups -OCH3 is 1. The Labute approximate surface area is 146 Å². The molecule has 1 aromatic carbocycles. The van der Waals surface area contributed by atoms with E-state index in [-0.39, 0.29) is 18.6 Å². The molecular formula is C18H21N3O4. The first kappa shape index (κ1) is 17.2. The normalized spacial score (nSPS) is 16.6. The van der Waals surface area contributed by atoms with E-state index >= 15 is 0 Å². The van der Waals surface area contributed by atoms with Gasteiger partial charge in [-0.25, -0.2) is 9.78 Å². The topological polar surface area (TPSA) is 82.5 Å². The number of benzene rings is 1. The highest BCUT2D eigenvalue weighted by Gasteiger charge is 2.47. The maximum Gasteiger partial charge on any atom is 0.356 e. The van der Waals surface area contributed by atoms with E-state index in [1.54, 1.807) is 10.9 Å². The van der Waals surface area contributed by atoms with Crippen LogP contribution in [0.3, 0.4) is 0 Å². The molecule has 2 heterocycles. The average Bonchev–Trinajstić information content (AvgIpc) is 3.10. The number of nitrogens with one attached hydrogen (secondary N) is 1. The van der Waals surface area contributed by atoms with E-state index in [1.807, 2.05) is 37.3 Å². The van der Waals surface area contributed by atoms with Crippen molar-refractivity contribution < 1.29 is 19.1 Å². The third-order valence-corrected chi connectivity index (χ3v) is 4.60. The van der Waals surface area contributed by atoms with E-state index < -0.39 is 11.4 Å². The minimum atomic E-state index is -0.791. The van der Waals surface area contributed by atoms with E-state index in [4.69, 9.17) is 9.47 Å². The van der Waals surface area contributed by atoms with Crippen LogP contribution in [-0.2, 0) is 14.3 Å². The Morgan fingerprint density at radius 3 is 2.64 bits per heavy atom. The summed E-state index contributed by atoms with van der Waals surface area (Å²) in [6.07, 6.45) is 3.08. The third kappa shape index (κ3) is 3.28. The molecule has 25 heavy (non-hydrogen) atoms. The largest absolute Gasteiger partial charge is 0.468 e. The number of carbonyl (C=O) groups excluding carboxylic acids is 2. The smallest absolute Gasteiger partial charge is 0.356 e. The molecule has 132 valence electrons. The number of nitrogens with zero attached hydrogens (tertiary/aromatic N) is 2. The van der Waals surface area contributed by atoms with Gasteiger partial charge >= 0.3 is 11.9 Å². The molecule has 1 aliphatic heterocycles. The Kier molecular flexibility index (Phi) is 4.85. The van der Waals surface area contributed by atoms with Crippen LogP contribution in [0.15, 0.2) is 42.9 Å². The molecule has 1 saturated heterocycles. The van der Waals surface area contributed by atoms with Crippen LogP contribution in [0, 0.1) is 5.41 Å². The Morgan fingerprint density at radius 2 is 2.04 bits per heavy atom. The van der Waals surface area contributed by atoms with Gasteiger partial charge in [0.1, 0.15) is 17.7 Å². The molecule has 1 atom stereocenters. The van der Waals surface area contributed by atoms with E-state index in [0.29, 0.717) is 18.8 Å². The van der Waals surface area contributed by atoms with Crippen LogP contribution in [0.5, 0.6) is 0 Å². The standard InChI is InChI=1S/C18H21N3O4/c1-13(14-6-4-3-5-7-14)21-12-19-8-15(21)16(22)25-11-18(9-20-10-18)17(23)24-2/h3-8,12-13,20H,9-11H2,1-2H3. The van der Waals surface area contributed by atoms with Gasteiger partial charge in [-0.15, -0.1) is 0 Å². The summed E-state index contributed by atoms with van der Waals surface area (Å²) in [5, 5.41) is 3.02. The van der Waals surface area contributed by atoms with Gasteiger partial charge in [-0.05, 0) is 12.5 Å². The molecule has 1 unspecified atom stereocenters. The van der Waals surface area contributed by atoms with Gasteiger partial charge in [0.15, 0.2) is 0 Å². The quantitative estimate of drug-likeness (QED) is 0.799. The Hall–Kier alpha value is -2.67. The molecular weight excluding hydrogens is 322 g/mol. The summed E-state index contributed by atoms with van der Waals surface area (Å²) in [6, 6.07) is 9.76. The monoisotopic (exact) mass is 343 g/mol. The number of carbonyl (C=O) groups is 2. The SMILES string of the molecule is COC(=O)C1(COC(=O)c2cncn2C(C)c2ccccc2)CNC1. The summed E-state index contributed by atoms with van der Waals surface area (Å²) < 4.78 is 12.0. The molecule has 0 aliphatic carbocycles. The van der Waals surface area contributed by atoms with Crippen molar-refractivity contribution in [3.05, 3.63) is 54.1 Å². The summed E-state index contributed by atoms with van der Waals surface area (Å²) in [4.78, 5) is 28.5. The van der Waals surface area contributed by atoms with Crippen molar-refractivity contribution in [2.45, 2.75) is 13.0 Å². The molecule has 2 aromatic rings. The minimum absolute atomic E-state index is 0.0175. The fourth-order valence-electron chi connectivity index (χ4n) is 2.89. The molecule has 1 N–H and O–H groups in total. The lowest BCUT2D eigenvalue weighted by Gasteiger charge is -2.38. The predicted octanol–water partition coefficient (Wildman–Crippen LogP) is 1.41. The maximum atomic E-state index is 12.5. The summed E-state index contributed by atoms with van der Waals surface area (Å²) >= 11 is 0. The van der Waals surface area contributed by atoms with Gasteiger partial charge in [0.25, 0.3) is 0 Å². The van der Waals surface area contributed by atoms with Crippen molar-refractivity contribution in [2.75, 3.05) is 26.8 Å². The van der Waals surface area contributed by atoms with Crippen molar-refractivity contribution in [1.82, 2.24) is 14.9 Å². The van der Waals surface area contributed by atoms with Gasteiger partial charge in [0.05, 0.1) is 25.7 Å². The van der Waals surface area contributed by atoms with Gasteiger partial charge in [-0.1, -0.05) is 30.3 Å². The Balaban J connectivity index is 1.72. The van der Waals surface area contributed by atoms with Gasteiger partial charge < -0.3 is 19.4 Å². The van der Waals surface area contributed by atoms with Crippen LogP contribution >= 0.6 is 0 Å². The van der Waals surface area contributed by atoms with Crippen molar-refractivity contribution in [3.8, 4) is 0 Å². The number of esters is 2. The highest BCUT2D eigenvalue weighted by Crippen LogP contribution is 2.26. The number of hydrogen-bond acceptors (Lipinski definition) is 6. The van der Waals surface area contributed by atoms with E-state index in [2.05, 4.69) is 10.3 Å². The molecule has 0 bridgehead atoms. The van der Waals surface area contributed by atoms with Crippen LogP contribution in [0.2, 0.25) is 0 Å². The number of aromatic nitrogens is 2. The molecule has 0 radical (unpaired) electrons. The molecule has 7 nitrogen and oxygen atoms in total. The third-order valence-electron chi connectivity index (χ3n) is 4.60. The molecule has 0 saturated carbocycles. The van der Waals surface area contributed by atoms with Crippen molar-refractivity contribution in [1.29, 1.82) is 0 Å². The number of rotatable bonds is 6. The van der Waals surface area contributed by atoms with Crippen molar-refractivity contribution in [2.24, 2.45) is 5.41 Å². The highest BCUT2D eigenvalue weighted by molar-refractivity contribution is 5.88. The van der Waals surface area contributed by atoms with E-state index in [0.717, 1.165) is 5.56 Å². The number of ether oxygens (including phenoxy) is 2. The lowest BCUT2D eigenvalue weighted by molar-refractivity contribution is -0.159. The summed E-state index contributed by atoms with van der Waals surface area (Å²) in [5.74, 6) is -0.874. The van der Waals surface area contributed by atoms with Gasteiger partial charge in [-0.2, -0.15) is 0 Å². The zero-order chi connectivity index (χ0) is 17.9. The molecule has 0 spiro atoms. The molecule has 1 aromatic heterocycles. The van der Waals surface area contributed by atoms with Gasteiger partial charge in [0, 0.05) is 13.1 Å². The van der Waals surface area contributed by atoms with E-state index in [1.165, 1.54) is 13.3 Å². The van der Waals surface area contributed by atoms with Gasteiger partial charge in [0.2, 0.25) is 0 Å². The number of imidazole rings is 1. The maximum absolute atomic E-state index is 12.5. The Morgan fingerprint density at radius 1 is 1.32 bits per heavy atom. The first-order valence-electron chi connectivity index (χ1n) is 8.10. The predicted molar refractivity (Wildman–Crippen MR) is 90.1 cm³/mol. The van der Waals surface area contributed by atoms with Crippen LogP contribution in [0.1, 0.15) is 29.0 Å². The van der Waals surface area contributed by atoms with Crippen LogP contribution in [0.25, 0.3) is 0 Å². The number of hydrogen-bond donors (Lipinski definition) is 1. The molecule has 1 aliphatic rings. The second-order valence-corrected chi connectivity index (χ2v) is 6.22. The lowest BCUT2D eigenvalue weighted by atomic mass is 9.83. The second kappa shape index (κ2) is 7.06. The fourth-order valence-corrected chi connectivity index (χ4v) is 2.89. The minimum Gasteiger partial charge on any atom is -0.468 e. The molecule has 7 heteroatoms.